The zero-order chi connectivity index (χ0) is 26.5. The summed E-state index contributed by atoms with van der Waals surface area (Å²) in [6.07, 6.45) is 2.21. The Morgan fingerprint density at radius 1 is 0.974 bits per heavy atom. The SMILES string of the molecule is COc1ccc(-c2ccc(C(=O)N3CCN(Cc4ccc(OC5CCNCC5)c(Cl)c4)CC3)o2)c(OC)c1. The van der Waals surface area contributed by atoms with Crippen LogP contribution in [0.15, 0.2) is 52.9 Å². The number of furan rings is 1. The molecule has 2 aliphatic rings. The highest BCUT2D eigenvalue weighted by Crippen LogP contribution is 2.34. The molecule has 2 saturated heterocycles. The van der Waals surface area contributed by atoms with Crippen molar-refractivity contribution in [3.8, 4) is 28.6 Å². The van der Waals surface area contributed by atoms with E-state index < -0.39 is 0 Å². The van der Waals surface area contributed by atoms with Gasteiger partial charge in [0, 0.05) is 38.8 Å². The van der Waals surface area contributed by atoms with Crippen molar-refractivity contribution in [1.82, 2.24) is 15.1 Å². The molecule has 1 aromatic heterocycles. The summed E-state index contributed by atoms with van der Waals surface area (Å²) in [5.74, 6) is 2.86. The van der Waals surface area contributed by atoms with Gasteiger partial charge in [0.15, 0.2) is 5.76 Å². The first kappa shape index (κ1) is 26.4. The minimum absolute atomic E-state index is 0.106. The Morgan fingerprint density at radius 3 is 2.47 bits per heavy atom. The standard InChI is InChI=1S/C29H34ClN3O5/c1-35-22-4-5-23(28(18-22)36-2)25-7-8-27(38-25)29(34)33-15-13-32(14-16-33)19-20-3-6-26(24(30)17-20)37-21-9-11-31-12-10-21/h3-8,17-18,21,31H,9-16,19H2,1-2H3. The smallest absolute Gasteiger partial charge is 0.289 e. The quantitative estimate of drug-likeness (QED) is 0.444. The third kappa shape index (κ3) is 6.09. The number of halogens is 1. The number of ether oxygens (including phenoxy) is 3. The molecule has 0 radical (unpaired) electrons. The van der Waals surface area contributed by atoms with Gasteiger partial charge >= 0.3 is 0 Å². The van der Waals surface area contributed by atoms with Crippen molar-refractivity contribution in [3.63, 3.8) is 0 Å². The predicted molar refractivity (Wildman–Crippen MR) is 146 cm³/mol. The van der Waals surface area contributed by atoms with Crippen LogP contribution in [0.2, 0.25) is 5.02 Å². The number of rotatable bonds is 8. The van der Waals surface area contributed by atoms with E-state index >= 15 is 0 Å². The topological polar surface area (TPSA) is 76.4 Å². The molecule has 9 heteroatoms. The molecule has 3 heterocycles. The molecule has 0 unspecified atom stereocenters. The monoisotopic (exact) mass is 539 g/mol. The van der Waals surface area contributed by atoms with E-state index in [1.807, 2.05) is 29.2 Å². The highest BCUT2D eigenvalue weighted by molar-refractivity contribution is 6.32. The summed E-state index contributed by atoms with van der Waals surface area (Å²) in [6.45, 7) is 5.54. The van der Waals surface area contributed by atoms with E-state index in [2.05, 4.69) is 16.3 Å². The summed E-state index contributed by atoms with van der Waals surface area (Å²) in [5, 5.41) is 4.00. The fraction of sp³-hybridized carbons (Fsp3) is 0.414. The van der Waals surface area contributed by atoms with Crippen LogP contribution in [0.4, 0.5) is 0 Å². The summed E-state index contributed by atoms with van der Waals surface area (Å²) in [7, 11) is 3.20. The number of nitrogens with one attached hydrogen (secondary N) is 1. The molecule has 0 saturated carbocycles. The lowest BCUT2D eigenvalue weighted by Crippen LogP contribution is -2.48. The van der Waals surface area contributed by atoms with E-state index in [0.29, 0.717) is 41.1 Å². The number of piperazine rings is 1. The second-order valence-electron chi connectivity index (χ2n) is 9.63. The summed E-state index contributed by atoms with van der Waals surface area (Å²) >= 11 is 6.54. The van der Waals surface area contributed by atoms with Crippen molar-refractivity contribution in [3.05, 3.63) is 64.9 Å². The van der Waals surface area contributed by atoms with E-state index in [9.17, 15) is 4.79 Å². The van der Waals surface area contributed by atoms with Gasteiger partial charge in [-0.1, -0.05) is 17.7 Å². The normalized spacial score (nSPS) is 16.9. The second kappa shape index (κ2) is 12.1. The number of nitrogens with zero attached hydrogens (tertiary/aromatic N) is 2. The molecule has 0 bridgehead atoms. The maximum Gasteiger partial charge on any atom is 0.289 e. The van der Waals surface area contributed by atoms with Gasteiger partial charge in [-0.15, -0.1) is 0 Å². The Balaban J connectivity index is 1.15. The molecule has 3 aromatic rings. The lowest BCUT2D eigenvalue weighted by Gasteiger charge is -2.34. The van der Waals surface area contributed by atoms with Crippen LogP contribution >= 0.6 is 11.6 Å². The number of methoxy groups -OCH3 is 2. The molecule has 38 heavy (non-hydrogen) atoms. The molecule has 0 atom stereocenters. The van der Waals surface area contributed by atoms with Crippen LogP contribution < -0.4 is 19.5 Å². The Kier molecular flexibility index (Phi) is 8.42. The van der Waals surface area contributed by atoms with E-state index in [-0.39, 0.29) is 12.0 Å². The first-order valence-corrected chi connectivity index (χ1v) is 13.4. The molecule has 5 rings (SSSR count). The van der Waals surface area contributed by atoms with Crippen molar-refractivity contribution in [2.75, 3.05) is 53.5 Å². The fourth-order valence-corrected chi connectivity index (χ4v) is 5.20. The molecule has 2 fully saturated rings. The summed E-state index contributed by atoms with van der Waals surface area (Å²) in [5.41, 5.74) is 1.90. The predicted octanol–water partition coefficient (Wildman–Crippen LogP) is 4.71. The van der Waals surface area contributed by atoms with Gasteiger partial charge in [0.2, 0.25) is 0 Å². The summed E-state index contributed by atoms with van der Waals surface area (Å²) < 4.78 is 22.8. The number of benzene rings is 2. The first-order chi connectivity index (χ1) is 18.5. The second-order valence-corrected chi connectivity index (χ2v) is 10.0. The lowest BCUT2D eigenvalue weighted by molar-refractivity contribution is 0.0598. The van der Waals surface area contributed by atoms with Crippen molar-refractivity contribution >= 4 is 17.5 Å². The minimum Gasteiger partial charge on any atom is -0.497 e. The van der Waals surface area contributed by atoms with Gasteiger partial charge in [0.25, 0.3) is 5.91 Å². The minimum atomic E-state index is -0.106. The molecule has 2 aliphatic heterocycles. The van der Waals surface area contributed by atoms with E-state index in [1.165, 1.54) is 0 Å². The lowest BCUT2D eigenvalue weighted by atomic mass is 10.1. The maximum atomic E-state index is 13.1. The van der Waals surface area contributed by atoms with Crippen LogP contribution in [0.25, 0.3) is 11.3 Å². The summed E-state index contributed by atoms with van der Waals surface area (Å²) in [4.78, 5) is 17.3. The van der Waals surface area contributed by atoms with Gasteiger partial charge in [-0.25, -0.2) is 0 Å². The van der Waals surface area contributed by atoms with Crippen LogP contribution in [0.1, 0.15) is 29.0 Å². The third-order valence-corrected chi connectivity index (χ3v) is 7.43. The highest BCUT2D eigenvalue weighted by atomic mass is 35.5. The van der Waals surface area contributed by atoms with Gasteiger partial charge in [-0.2, -0.15) is 0 Å². The average molecular weight is 540 g/mol. The number of carbonyl (C=O) groups is 1. The van der Waals surface area contributed by atoms with Crippen molar-refractivity contribution in [2.24, 2.45) is 0 Å². The zero-order valence-corrected chi connectivity index (χ0v) is 22.6. The van der Waals surface area contributed by atoms with Crippen molar-refractivity contribution in [1.29, 1.82) is 0 Å². The van der Waals surface area contributed by atoms with Gasteiger partial charge in [0.05, 0.1) is 24.8 Å². The molecule has 0 aliphatic carbocycles. The van der Waals surface area contributed by atoms with Crippen molar-refractivity contribution in [2.45, 2.75) is 25.5 Å². The Morgan fingerprint density at radius 2 is 1.76 bits per heavy atom. The number of amides is 1. The summed E-state index contributed by atoms with van der Waals surface area (Å²) in [6, 6.07) is 15.1. The fourth-order valence-electron chi connectivity index (χ4n) is 4.95. The molecular formula is C29H34ClN3O5. The molecule has 0 spiro atoms. The number of carbonyl (C=O) groups excluding carboxylic acids is 1. The average Bonchev–Trinajstić information content (AvgIpc) is 3.45. The Labute approximate surface area is 228 Å². The van der Waals surface area contributed by atoms with Crippen LogP contribution in [0.5, 0.6) is 17.2 Å². The van der Waals surface area contributed by atoms with Gasteiger partial charge in [0.1, 0.15) is 29.1 Å². The molecule has 1 N–H and O–H groups in total. The Bertz CT molecular complexity index is 1250. The number of hydrogen-bond acceptors (Lipinski definition) is 7. The molecular weight excluding hydrogens is 506 g/mol. The molecule has 1 amide bonds. The third-order valence-electron chi connectivity index (χ3n) is 7.13. The molecule has 2 aromatic carbocycles. The van der Waals surface area contributed by atoms with Crippen molar-refractivity contribution < 1.29 is 23.4 Å². The van der Waals surface area contributed by atoms with Crippen LogP contribution in [0.3, 0.4) is 0 Å². The van der Waals surface area contributed by atoms with Crippen LogP contribution in [-0.2, 0) is 6.54 Å². The van der Waals surface area contributed by atoms with Gasteiger partial charge in [-0.3, -0.25) is 9.69 Å². The first-order valence-electron chi connectivity index (χ1n) is 13.0. The van der Waals surface area contributed by atoms with E-state index in [0.717, 1.165) is 62.4 Å². The largest absolute Gasteiger partial charge is 0.497 e. The zero-order valence-electron chi connectivity index (χ0n) is 21.9. The number of hydrogen-bond donors (Lipinski definition) is 1. The maximum absolute atomic E-state index is 13.1. The van der Waals surface area contributed by atoms with E-state index in [4.69, 9.17) is 30.2 Å². The van der Waals surface area contributed by atoms with Gasteiger partial charge in [-0.05, 0) is 67.9 Å². The van der Waals surface area contributed by atoms with E-state index in [1.54, 1.807) is 32.4 Å². The van der Waals surface area contributed by atoms with Crippen LogP contribution in [0, 0.1) is 0 Å². The van der Waals surface area contributed by atoms with Crippen LogP contribution in [-0.4, -0.2) is 75.3 Å². The van der Waals surface area contributed by atoms with Gasteiger partial charge < -0.3 is 28.8 Å². The highest BCUT2D eigenvalue weighted by Gasteiger charge is 2.25. The Hall–Kier alpha value is -3.20. The molecule has 202 valence electrons. The molecule has 8 nitrogen and oxygen atoms in total. The number of piperidine rings is 1.